The topological polar surface area (TPSA) is 24.7 Å². The molecule has 0 radical (unpaired) electrons. The predicted molar refractivity (Wildman–Crippen MR) is 55.7 cm³/mol. The molecule has 1 heterocycles. The first kappa shape index (κ1) is 8.51. The van der Waals surface area contributed by atoms with Crippen LogP contribution in [0.2, 0.25) is 0 Å². The minimum atomic E-state index is -0.550. The Morgan fingerprint density at radius 3 is 2.46 bits per heavy atom. The third-order valence-corrected chi connectivity index (χ3v) is 2.45. The van der Waals surface area contributed by atoms with Gasteiger partial charge in [0.25, 0.3) is 0 Å². The van der Waals surface area contributed by atoms with Crippen molar-refractivity contribution in [2.75, 3.05) is 0 Å². The van der Waals surface area contributed by atoms with E-state index in [0.29, 0.717) is 0 Å². The summed E-state index contributed by atoms with van der Waals surface area (Å²) >= 11 is 4.49. The second-order valence-corrected chi connectivity index (χ2v) is 3.76. The highest BCUT2D eigenvalue weighted by Gasteiger charge is 2.28. The number of azo groups is 1. The first-order valence-electron chi connectivity index (χ1n) is 4.11. The largest absolute Gasteiger partial charge is 0.170 e. The molecule has 0 fully saturated rings. The number of hydrogen-bond acceptors (Lipinski definition) is 3. The average Bonchev–Trinajstić information content (AvgIpc) is 2.49. The Morgan fingerprint density at radius 2 is 1.92 bits per heavy atom. The maximum absolute atomic E-state index is 4.49. The summed E-state index contributed by atoms with van der Waals surface area (Å²) in [7, 11) is 0. The van der Waals surface area contributed by atoms with Crippen LogP contribution < -0.4 is 0 Å². The number of hydrogen-bond donors (Lipinski definition) is 1. The number of rotatable bonds is 1. The third kappa shape index (κ3) is 1.52. The Hall–Kier alpha value is -1.09. The maximum Gasteiger partial charge on any atom is 0.170 e. The molecule has 2 rings (SSSR count). The second kappa shape index (κ2) is 3.00. The molecule has 1 unspecified atom stereocenters. The minimum Gasteiger partial charge on any atom is -0.162 e. The lowest BCUT2D eigenvalue weighted by atomic mass is 10.1. The van der Waals surface area contributed by atoms with E-state index < -0.39 is 4.87 Å². The average molecular weight is 190 g/mol. The highest BCUT2D eigenvalue weighted by atomic mass is 32.1. The summed E-state index contributed by atoms with van der Waals surface area (Å²) in [5.74, 6) is 0. The molecule has 0 N–H and O–H groups in total. The van der Waals surface area contributed by atoms with Crippen LogP contribution in [0, 0.1) is 0 Å². The molecule has 66 valence electrons. The summed E-state index contributed by atoms with van der Waals surface area (Å²) in [5.41, 5.74) is 1.97. The maximum atomic E-state index is 4.49. The van der Waals surface area contributed by atoms with E-state index in [1.807, 2.05) is 43.3 Å². The minimum absolute atomic E-state index is 0.550. The van der Waals surface area contributed by atoms with Crippen molar-refractivity contribution >= 4 is 12.6 Å². The van der Waals surface area contributed by atoms with Crippen molar-refractivity contribution < 1.29 is 0 Å². The highest BCUT2D eigenvalue weighted by molar-refractivity contribution is 7.81. The molecule has 1 atom stereocenters. The highest BCUT2D eigenvalue weighted by Crippen LogP contribution is 2.37. The molecule has 13 heavy (non-hydrogen) atoms. The smallest absolute Gasteiger partial charge is 0.162 e. The number of nitrogens with zero attached hydrogens (tertiary/aromatic N) is 2. The molecule has 1 aromatic rings. The Labute approximate surface area is 82.8 Å². The lowest BCUT2D eigenvalue weighted by Gasteiger charge is -2.15. The van der Waals surface area contributed by atoms with Gasteiger partial charge in [-0.2, -0.15) is 10.2 Å². The number of thiol groups is 1. The van der Waals surface area contributed by atoms with Gasteiger partial charge in [0.05, 0.1) is 5.70 Å². The van der Waals surface area contributed by atoms with Gasteiger partial charge in [0, 0.05) is 0 Å². The van der Waals surface area contributed by atoms with Gasteiger partial charge >= 0.3 is 0 Å². The van der Waals surface area contributed by atoms with E-state index in [1.54, 1.807) is 0 Å². The lowest BCUT2D eigenvalue weighted by molar-refractivity contribution is 0.812. The van der Waals surface area contributed by atoms with Crippen LogP contribution in [0.4, 0.5) is 0 Å². The first-order chi connectivity index (χ1) is 6.21. The Kier molecular flexibility index (Phi) is 1.96. The summed E-state index contributed by atoms with van der Waals surface area (Å²) in [4.78, 5) is -0.550. The van der Waals surface area contributed by atoms with Gasteiger partial charge in [-0.3, -0.25) is 0 Å². The van der Waals surface area contributed by atoms with Gasteiger partial charge in [-0.05, 0) is 18.6 Å². The predicted octanol–water partition coefficient (Wildman–Crippen LogP) is 3.14. The fraction of sp³-hybridized carbons (Fsp3) is 0.200. The van der Waals surface area contributed by atoms with Crippen molar-refractivity contribution in [2.24, 2.45) is 10.2 Å². The lowest BCUT2D eigenvalue weighted by Crippen LogP contribution is -2.09. The van der Waals surface area contributed by atoms with Crippen molar-refractivity contribution in [3.63, 3.8) is 0 Å². The molecule has 0 bridgehead atoms. The quantitative estimate of drug-likeness (QED) is 0.658. The van der Waals surface area contributed by atoms with Crippen LogP contribution >= 0.6 is 12.6 Å². The standard InChI is InChI=1S/C10H10N2S/c1-8-7-10(13,12-11-8)9-5-3-2-4-6-9/h2-7,13H,1H3. The number of allylic oxidation sites excluding steroid dienone is 1. The Balaban J connectivity index is 2.43. The van der Waals surface area contributed by atoms with Gasteiger partial charge in [-0.25, -0.2) is 0 Å². The number of benzene rings is 1. The molecule has 0 aromatic heterocycles. The van der Waals surface area contributed by atoms with Crippen LogP contribution in [0.5, 0.6) is 0 Å². The Bertz CT molecular complexity index is 370. The van der Waals surface area contributed by atoms with Gasteiger partial charge in [0.2, 0.25) is 0 Å². The molecular weight excluding hydrogens is 180 g/mol. The SMILES string of the molecule is CC1=CC(S)(c2ccccc2)N=N1. The van der Waals surface area contributed by atoms with Crippen LogP contribution in [0.1, 0.15) is 12.5 Å². The summed E-state index contributed by atoms with van der Waals surface area (Å²) < 4.78 is 0. The van der Waals surface area contributed by atoms with Crippen molar-refractivity contribution in [3.8, 4) is 0 Å². The zero-order valence-corrected chi connectivity index (χ0v) is 8.20. The molecule has 0 spiro atoms. The van der Waals surface area contributed by atoms with Gasteiger partial charge in [0.15, 0.2) is 4.87 Å². The second-order valence-electron chi connectivity index (χ2n) is 3.08. The van der Waals surface area contributed by atoms with E-state index in [1.165, 1.54) is 0 Å². The summed E-state index contributed by atoms with van der Waals surface area (Å²) in [6.45, 7) is 1.92. The van der Waals surface area contributed by atoms with Gasteiger partial charge in [-0.15, -0.1) is 12.6 Å². The van der Waals surface area contributed by atoms with E-state index in [-0.39, 0.29) is 0 Å². The normalized spacial score (nSPS) is 26.2. The van der Waals surface area contributed by atoms with Crippen molar-refractivity contribution in [2.45, 2.75) is 11.8 Å². The van der Waals surface area contributed by atoms with E-state index in [2.05, 4.69) is 22.9 Å². The van der Waals surface area contributed by atoms with Crippen LogP contribution in [-0.2, 0) is 4.87 Å². The van der Waals surface area contributed by atoms with E-state index >= 15 is 0 Å². The van der Waals surface area contributed by atoms with Crippen LogP contribution in [0.3, 0.4) is 0 Å². The summed E-state index contributed by atoms with van der Waals surface area (Å²) in [6, 6.07) is 9.93. The van der Waals surface area contributed by atoms with Crippen molar-refractivity contribution in [1.29, 1.82) is 0 Å². The summed E-state index contributed by atoms with van der Waals surface area (Å²) in [6.07, 6.45) is 1.95. The Morgan fingerprint density at radius 1 is 1.23 bits per heavy atom. The molecule has 1 aliphatic heterocycles. The molecule has 1 aromatic carbocycles. The monoisotopic (exact) mass is 190 g/mol. The molecule has 0 aliphatic carbocycles. The molecule has 0 saturated heterocycles. The van der Waals surface area contributed by atoms with E-state index in [9.17, 15) is 0 Å². The van der Waals surface area contributed by atoms with Crippen LogP contribution in [0.15, 0.2) is 52.3 Å². The van der Waals surface area contributed by atoms with Crippen molar-refractivity contribution in [3.05, 3.63) is 47.7 Å². The fourth-order valence-corrected chi connectivity index (χ4v) is 1.71. The molecule has 3 heteroatoms. The molecule has 2 nitrogen and oxygen atoms in total. The van der Waals surface area contributed by atoms with Gasteiger partial charge < -0.3 is 0 Å². The third-order valence-electron chi connectivity index (χ3n) is 1.97. The molecular formula is C10H10N2S. The van der Waals surface area contributed by atoms with E-state index in [4.69, 9.17) is 0 Å². The zero-order valence-electron chi connectivity index (χ0n) is 7.31. The molecule has 1 aliphatic rings. The first-order valence-corrected chi connectivity index (χ1v) is 4.56. The molecule has 0 amide bonds. The molecule has 0 saturated carbocycles. The van der Waals surface area contributed by atoms with Crippen LogP contribution in [-0.4, -0.2) is 0 Å². The van der Waals surface area contributed by atoms with Gasteiger partial charge in [0.1, 0.15) is 0 Å². The summed E-state index contributed by atoms with van der Waals surface area (Å²) in [5, 5.41) is 8.09. The van der Waals surface area contributed by atoms with E-state index in [0.717, 1.165) is 11.3 Å². The fourth-order valence-electron chi connectivity index (χ4n) is 1.33. The van der Waals surface area contributed by atoms with Crippen LogP contribution in [0.25, 0.3) is 0 Å². The zero-order chi connectivity index (χ0) is 9.31. The van der Waals surface area contributed by atoms with Crippen molar-refractivity contribution in [1.82, 2.24) is 0 Å². The van der Waals surface area contributed by atoms with Gasteiger partial charge in [-0.1, -0.05) is 30.3 Å².